The summed E-state index contributed by atoms with van der Waals surface area (Å²) in [6, 6.07) is 2.03. The van der Waals surface area contributed by atoms with Crippen LogP contribution in [0.15, 0.2) is 11.2 Å². The SMILES string of the molecule is Cc1cc(C(=O)CSc2n[nH]c(CCC3CCCC3)n2)c(C)n1CCC(C)C. The fraction of sp³-hybridized carbons (Fsp3) is 0.682. The minimum Gasteiger partial charge on any atom is -0.348 e. The van der Waals surface area contributed by atoms with Crippen molar-refractivity contribution >= 4 is 17.5 Å². The minimum atomic E-state index is 0.159. The van der Waals surface area contributed by atoms with Crippen LogP contribution < -0.4 is 0 Å². The van der Waals surface area contributed by atoms with Crippen LogP contribution in [0, 0.1) is 25.7 Å². The molecule has 3 rings (SSSR count). The maximum atomic E-state index is 12.7. The van der Waals surface area contributed by atoms with E-state index in [0.29, 0.717) is 16.8 Å². The molecule has 2 aromatic rings. The number of thioether (sulfide) groups is 1. The topological polar surface area (TPSA) is 63.6 Å². The third kappa shape index (κ3) is 5.49. The van der Waals surface area contributed by atoms with Gasteiger partial charge in [-0.3, -0.25) is 9.89 Å². The van der Waals surface area contributed by atoms with Gasteiger partial charge in [-0.2, -0.15) is 0 Å². The lowest BCUT2D eigenvalue weighted by Crippen LogP contribution is -2.08. The molecule has 154 valence electrons. The van der Waals surface area contributed by atoms with E-state index in [1.807, 2.05) is 6.07 Å². The molecule has 0 radical (unpaired) electrons. The molecule has 0 saturated heterocycles. The van der Waals surface area contributed by atoms with E-state index in [1.54, 1.807) is 0 Å². The van der Waals surface area contributed by atoms with E-state index in [9.17, 15) is 4.79 Å². The number of nitrogens with one attached hydrogen (secondary N) is 1. The van der Waals surface area contributed by atoms with Crippen molar-refractivity contribution in [3.8, 4) is 0 Å². The molecule has 0 aromatic carbocycles. The molecule has 1 aliphatic rings. The first-order valence-corrected chi connectivity index (χ1v) is 11.7. The number of ketones is 1. The maximum absolute atomic E-state index is 12.7. The number of hydrogen-bond donors (Lipinski definition) is 1. The van der Waals surface area contributed by atoms with Crippen molar-refractivity contribution in [3.05, 3.63) is 28.8 Å². The number of aryl methyl sites for hydroxylation is 2. The van der Waals surface area contributed by atoms with Crippen molar-refractivity contribution in [1.29, 1.82) is 0 Å². The highest BCUT2D eigenvalue weighted by Gasteiger charge is 2.18. The van der Waals surface area contributed by atoms with Gasteiger partial charge in [0.2, 0.25) is 5.16 Å². The fourth-order valence-corrected chi connectivity index (χ4v) is 4.82. The van der Waals surface area contributed by atoms with Gasteiger partial charge in [0.05, 0.1) is 5.75 Å². The van der Waals surface area contributed by atoms with E-state index in [2.05, 4.69) is 47.4 Å². The Morgan fingerprint density at radius 2 is 2.07 bits per heavy atom. The van der Waals surface area contributed by atoms with Gasteiger partial charge in [-0.25, -0.2) is 4.98 Å². The van der Waals surface area contributed by atoms with Crippen molar-refractivity contribution in [2.24, 2.45) is 11.8 Å². The van der Waals surface area contributed by atoms with Gasteiger partial charge in [0.15, 0.2) is 5.78 Å². The summed E-state index contributed by atoms with van der Waals surface area (Å²) < 4.78 is 2.27. The van der Waals surface area contributed by atoms with Gasteiger partial charge in [0.1, 0.15) is 5.82 Å². The van der Waals surface area contributed by atoms with Crippen LogP contribution in [0.4, 0.5) is 0 Å². The lowest BCUT2D eigenvalue weighted by Gasteiger charge is -2.11. The summed E-state index contributed by atoms with van der Waals surface area (Å²) in [5, 5.41) is 8.02. The molecule has 0 atom stereocenters. The van der Waals surface area contributed by atoms with Gasteiger partial charge >= 0.3 is 0 Å². The predicted octanol–water partition coefficient (Wildman–Crippen LogP) is 5.37. The third-order valence-corrected chi connectivity index (χ3v) is 6.76. The summed E-state index contributed by atoms with van der Waals surface area (Å²) in [5.74, 6) is 3.01. The Balaban J connectivity index is 1.52. The zero-order chi connectivity index (χ0) is 20.1. The van der Waals surface area contributed by atoms with Gasteiger partial charge in [-0.1, -0.05) is 51.3 Å². The lowest BCUT2D eigenvalue weighted by molar-refractivity contribution is 0.102. The number of aromatic nitrogens is 4. The summed E-state index contributed by atoms with van der Waals surface area (Å²) in [7, 11) is 0. The minimum absolute atomic E-state index is 0.159. The molecule has 2 heterocycles. The number of H-pyrrole nitrogens is 1. The number of aromatic amines is 1. The number of carbonyl (C=O) groups is 1. The average molecular weight is 403 g/mol. The molecule has 0 spiro atoms. The Morgan fingerprint density at radius 3 is 2.79 bits per heavy atom. The summed E-state index contributed by atoms with van der Waals surface area (Å²) in [5.41, 5.74) is 3.08. The summed E-state index contributed by atoms with van der Waals surface area (Å²) >= 11 is 1.43. The molecule has 0 aliphatic heterocycles. The van der Waals surface area contributed by atoms with Crippen LogP contribution in [0.25, 0.3) is 0 Å². The van der Waals surface area contributed by atoms with E-state index < -0.39 is 0 Å². The smallest absolute Gasteiger partial charge is 0.208 e. The Labute approximate surface area is 173 Å². The molecular formula is C22H34N4OS. The standard InChI is InChI=1S/C22H34N4OS/c1-15(2)11-12-26-16(3)13-19(17(26)4)20(27)14-28-22-23-21(24-25-22)10-9-18-7-5-6-8-18/h13,15,18H,5-12,14H2,1-4H3,(H,23,24,25). The van der Waals surface area contributed by atoms with E-state index in [4.69, 9.17) is 0 Å². The highest BCUT2D eigenvalue weighted by Crippen LogP contribution is 2.28. The summed E-state index contributed by atoms with van der Waals surface area (Å²) in [6.07, 6.45) is 8.76. The van der Waals surface area contributed by atoms with Crippen LogP contribution in [0.5, 0.6) is 0 Å². The second-order valence-corrected chi connectivity index (χ2v) is 9.53. The van der Waals surface area contributed by atoms with Gasteiger partial charge in [-0.15, -0.1) is 5.10 Å². The van der Waals surface area contributed by atoms with Crippen molar-refractivity contribution < 1.29 is 4.79 Å². The van der Waals surface area contributed by atoms with E-state index in [0.717, 1.165) is 42.4 Å². The zero-order valence-corrected chi connectivity index (χ0v) is 18.6. The third-order valence-electron chi connectivity index (χ3n) is 5.91. The second kappa shape index (κ2) is 9.77. The largest absolute Gasteiger partial charge is 0.348 e. The van der Waals surface area contributed by atoms with Gasteiger partial charge < -0.3 is 4.57 Å². The molecule has 0 amide bonds. The van der Waals surface area contributed by atoms with Crippen molar-refractivity contribution in [2.75, 3.05) is 5.75 Å². The van der Waals surface area contributed by atoms with Gasteiger partial charge in [0, 0.05) is 29.9 Å². The molecule has 2 aromatic heterocycles. The first kappa shape index (κ1) is 21.2. The lowest BCUT2D eigenvalue weighted by atomic mass is 10.0. The normalized spacial score (nSPS) is 15.0. The Kier molecular flexibility index (Phi) is 7.38. The van der Waals surface area contributed by atoms with Gasteiger partial charge in [-0.05, 0) is 44.6 Å². The molecular weight excluding hydrogens is 368 g/mol. The Bertz CT molecular complexity index is 787. The quantitative estimate of drug-likeness (QED) is 0.429. The Hall–Kier alpha value is -1.56. The van der Waals surface area contributed by atoms with Crippen LogP contribution in [0.1, 0.15) is 79.9 Å². The molecule has 1 N–H and O–H groups in total. The highest BCUT2D eigenvalue weighted by molar-refractivity contribution is 7.99. The zero-order valence-electron chi connectivity index (χ0n) is 17.8. The van der Waals surface area contributed by atoms with Gasteiger partial charge in [0.25, 0.3) is 0 Å². The molecule has 5 nitrogen and oxygen atoms in total. The van der Waals surface area contributed by atoms with E-state index in [-0.39, 0.29) is 5.78 Å². The number of carbonyl (C=O) groups excluding carboxylic acids is 1. The fourth-order valence-electron chi connectivity index (χ4n) is 4.12. The van der Waals surface area contributed by atoms with Crippen LogP contribution in [-0.4, -0.2) is 31.3 Å². The second-order valence-electron chi connectivity index (χ2n) is 8.58. The monoisotopic (exact) mass is 402 g/mol. The van der Waals surface area contributed by atoms with Crippen LogP contribution in [-0.2, 0) is 13.0 Å². The molecule has 1 fully saturated rings. The van der Waals surface area contributed by atoms with Crippen molar-refractivity contribution in [3.63, 3.8) is 0 Å². The van der Waals surface area contributed by atoms with E-state index in [1.165, 1.54) is 49.6 Å². The number of hydrogen-bond acceptors (Lipinski definition) is 4. The first-order chi connectivity index (χ1) is 13.4. The Morgan fingerprint density at radius 1 is 1.32 bits per heavy atom. The molecule has 0 bridgehead atoms. The highest BCUT2D eigenvalue weighted by atomic mass is 32.2. The number of rotatable bonds is 10. The average Bonchev–Trinajstić information content (AvgIpc) is 3.38. The molecule has 1 saturated carbocycles. The van der Waals surface area contributed by atoms with Crippen LogP contribution >= 0.6 is 11.8 Å². The van der Waals surface area contributed by atoms with Crippen molar-refractivity contribution in [2.45, 2.75) is 84.3 Å². The molecule has 28 heavy (non-hydrogen) atoms. The summed E-state index contributed by atoms with van der Waals surface area (Å²) in [4.78, 5) is 17.3. The predicted molar refractivity (Wildman–Crippen MR) is 115 cm³/mol. The number of nitrogens with zero attached hydrogens (tertiary/aromatic N) is 3. The number of Topliss-reactive ketones (excluding diaryl/α,β-unsaturated/α-hetero) is 1. The molecule has 6 heteroatoms. The molecule has 1 aliphatic carbocycles. The van der Waals surface area contributed by atoms with Crippen molar-refractivity contribution in [1.82, 2.24) is 19.7 Å². The summed E-state index contributed by atoms with van der Waals surface area (Å²) in [6.45, 7) is 9.58. The van der Waals surface area contributed by atoms with E-state index >= 15 is 0 Å². The first-order valence-electron chi connectivity index (χ1n) is 10.7. The van der Waals surface area contributed by atoms with Crippen LogP contribution in [0.3, 0.4) is 0 Å². The molecule has 0 unspecified atom stereocenters. The van der Waals surface area contributed by atoms with Crippen LogP contribution in [0.2, 0.25) is 0 Å². The maximum Gasteiger partial charge on any atom is 0.208 e.